The van der Waals surface area contributed by atoms with Crippen molar-refractivity contribution in [3.05, 3.63) is 57.7 Å². The number of furan rings is 1. The molecule has 1 N–H and O–H groups in total. The Morgan fingerprint density at radius 2 is 2.16 bits per heavy atom. The van der Waals surface area contributed by atoms with E-state index in [1.165, 1.54) is 0 Å². The molecule has 0 radical (unpaired) electrons. The highest BCUT2D eigenvalue weighted by Gasteiger charge is 2.19. The standard InChI is InChI=1S/C15H17BrFNO/c1-3-7-18-14(12-6-8-19-15(12)16)11-5-4-10(2)13(17)9-11/h4-6,8-9,14,18H,3,7H2,1-2H3. The minimum atomic E-state index is -0.180. The molecule has 1 aromatic carbocycles. The van der Waals surface area contributed by atoms with E-state index < -0.39 is 0 Å². The van der Waals surface area contributed by atoms with Gasteiger partial charge < -0.3 is 9.73 Å². The van der Waals surface area contributed by atoms with Gasteiger partial charge in [-0.3, -0.25) is 0 Å². The van der Waals surface area contributed by atoms with Crippen molar-refractivity contribution in [1.82, 2.24) is 5.32 Å². The van der Waals surface area contributed by atoms with Crippen LogP contribution in [0.25, 0.3) is 0 Å². The summed E-state index contributed by atoms with van der Waals surface area (Å²) in [4.78, 5) is 0. The highest BCUT2D eigenvalue weighted by atomic mass is 79.9. The molecule has 2 nitrogen and oxygen atoms in total. The van der Waals surface area contributed by atoms with Crippen molar-refractivity contribution < 1.29 is 8.81 Å². The van der Waals surface area contributed by atoms with Crippen LogP contribution >= 0.6 is 15.9 Å². The first kappa shape index (κ1) is 14.3. The average Bonchev–Trinajstić information content (AvgIpc) is 2.80. The van der Waals surface area contributed by atoms with E-state index in [1.807, 2.05) is 12.1 Å². The molecule has 1 aromatic heterocycles. The van der Waals surface area contributed by atoms with E-state index in [9.17, 15) is 4.39 Å². The van der Waals surface area contributed by atoms with Gasteiger partial charge in [-0.1, -0.05) is 19.1 Å². The molecule has 0 saturated carbocycles. The van der Waals surface area contributed by atoms with Crippen molar-refractivity contribution in [3.8, 4) is 0 Å². The first-order chi connectivity index (χ1) is 9.13. The van der Waals surface area contributed by atoms with Crippen LogP contribution in [0.3, 0.4) is 0 Å². The van der Waals surface area contributed by atoms with Gasteiger partial charge in [0.1, 0.15) is 5.82 Å². The van der Waals surface area contributed by atoms with Crippen molar-refractivity contribution in [2.45, 2.75) is 26.3 Å². The van der Waals surface area contributed by atoms with Gasteiger partial charge in [-0.25, -0.2) is 4.39 Å². The van der Waals surface area contributed by atoms with E-state index >= 15 is 0 Å². The van der Waals surface area contributed by atoms with Crippen LogP contribution < -0.4 is 5.32 Å². The summed E-state index contributed by atoms with van der Waals surface area (Å²) in [5.41, 5.74) is 2.54. The monoisotopic (exact) mass is 325 g/mol. The lowest BCUT2D eigenvalue weighted by Crippen LogP contribution is -2.23. The highest BCUT2D eigenvalue weighted by molar-refractivity contribution is 9.10. The van der Waals surface area contributed by atoms with Crippen molar-refractivity contribution >= 4 is 15.9 Å². The van der Waals surface area contributed by atoms with Gasteiger partial charge in [0, 0.05) is 5.56 Å². The van der Waals surface area contributed by atoms with Crippen molar-refractivity contribution in [2.24, 2.45) is 0 Å². The zero-order chi connectivity index (χ0) is 13.8. The molecular formula is C15H17BrFNO. The van der Waals surface area contributed by atoms with Crippen LogP contribution in [0.5, 0.6) is 0 Å². The summed E-state index contributed by atoms with van der Waals surface area (Å²) >= 11 is 3.39. The first-order valence-corrected chi connectivity index (χ1v) is 7.15. The number of halogens is 2. The summed E-state index contributed by atoms with van der Waals surface area (Å²) in [5, 5.41) is 3.42. The largest absolute Gasteiger partial charge is 0.457 e. The molecule has 19 heavy (non-hydrogen) atoms. The molecule has 2 rings (SSSR count). The Labute approximate surface area is 121 Å². The van der Waals surface area contributed by atoms with Crippen LogP contribution in [0, 0.1) is 12.7 Å². The first-order valence-electron chi connectivity index (χ1n) is 6.35. The highest BCUT2D eigenvalue weighted by Crippen LogP contribution is 2.30. The number of nitrogens with one attached hydrogen (secondary N) is 1. The van der Waals surface area contributed by atoms with Gasteiger partial charge >= 0.3 is 0 Å². The number of hydrogen-bond acceptors (Lipinski definition) is 2. The molecule has 102 valence electrons. The molecule has 0 spiro atoms. The summed E-state index contributed by atoms with van der Waals surface area (Å²) in [7, 11) is 0. The summed E-state index contributed by atoms with van der Waals surface area (Å²) in [5.74, 6) is -0.180. The maximum atomic E-state index is 13.7. The van der Waals surface area contributed by atoms with Gasteiger partial charge in [-0.05, 0) is 59.1 Å². The van der Waals surface area contributed by atoms with Gasteiger partial charge in [0.2, 0.25) is 0 Å². The second kappa shape index (κ2) is 6.35. The molecular weight excluding hydrogens is 309 g/mol. The molecule has 2 aromatic rings. The molecule has 1 atom stereocenters. The molecule has 0 aliphatic heterocycles. The van der Waals surface area contributed by atoms with Gasteiger partial charge in [-0.15, -0.1) is 0 Å². The normalized spacial score (nSPS) is 12.6. The summed E-state index contributed by atoms with van der Waals surface area (Å²) < 4.78 is 19.7. The third-order valence-electron chi connectivity index (χ3n) is 3.08. The Morgan fingerprint density at radius 1 is 1.37 bits per heavy atom. The number of hydrogen-bond donors (Lipinski definition) is 1. The fourth-order valence-electron chi connectivity index (χ4n) is 2.00. The number of benzene rings is 1. The maximum absolute atomic E-state index is 13.7. The van der Waals surface area contributed by atoms with Gasteiger partial charge in [0.15, 0.2) is 4.67 Å². The molecule has 1 unspecified atom stereocenters. The van der Waals surface area contributed by atoms with E-state index in [-0.39, 0.29) is 11.9 Å². The minimum Gasteiger partial charge on any atom is -0.457 e. The zero-order valence-corrected chi connectivity index (χ0v) is 12.6. The van der Waals surface area contributed by atoms with Crippen LogP contribution in [-0.2, 0) is 0 Å². The molecule has 0 aliphatic rings. The molecule has 1 heterocycles. The second-order valence-corrected chi connectivity index (χ2v) is 5.27. The summed E-state index contributed by atoms with van der Waals surface area (Å²) in [6, 6.07) is 7.17. The SMILES string of the molecule is CCCNC(c1ccc(C)c(F)c1)c1ccoc1Br. The predicted molar refractivity (Wildman–Crippen MR) is 77.7 cm³/mol. The lowest BCUT2D eigenvalue weighted by Gasteiger charge is -2.18. The van der Waals surface area contributed by atoms with Crippen molar-refractivity contribution in [1.29, 1.82) is 0 Å². The fourth-order valence-corrected chi connectivity index (χ4v) is 2.46. The van der Waals surface area contributed by atoms with Crippen molar-refractivity contribution in [3.63, 3.8) is 0 Å². The molecule has 4 heteroatoms. The number of aryl methyl sites for hydroxylation is 1. The van der Waals surface area contributed by atoms with Crippen LogP contribution in [0.1, 0.15) is 36.1 Å². The number of rotatable bonds is 5. The molecule has 0 fully saturated rings. The zero-order valence-electron chi connectivity index (χ0n) is 11.0. The predicted octanol–water partition coefficient (Wildman–Crippen LogP) is 4.58. The van der Waals surface area contributed by atoms with Crippen molar-refractivity contribution in [2.75, 3.05) is 6.54 Å². The van der Waals surface area contributed by atoms with Gasteiger partial charge in [0.05, 0.1) is 12.3 Å². The molecule has 0 aliphatic carbocycles. The van der Waals surface area contributed by atoms with Gasteiger partial charge in [-0.2, -0.15) is 0 Å². The van der Waals surface area contributed by atoms with Crippen LogP contribution in [0.2, 0.25) is 0 Å². The van der Waals surface area contributed by atoms with E-state index in [4.69, 9.17) is 4.42 Å². The molecule has 0 saturated heterocycles. The van der Waals surface area contributed by atoms with Crippen LogP contribution in [0.15, 0.2) is 39.6 Å². The molecule has 0 bridgehead atoms. The van der Waals surface area contributed by atoms with E-state index in [2.05, 4.69) is 28.2 Å². The van der Waals surface area contributed by atoms with E-state index in [0.29, 0.717) is 10.2 Å². The van der Waals surface area contributed by atoms with Gasteiger partial charge in [0.25, 0.3) is 0 Å². The second-order valence-electron chi connectivity index (χ2n) is 4.55. The summed E-state index contributed by atoms with van der Waals surface area (Å²) in [6.45, 7) is 4.73. The van der Waals surface area contributed by atoms with Crippen LogP contribution in [-0.4, -0.2) is 6.54 Å². The van der Waals surface area contributed by atoms with E-state index in [1.54, 1.807) is 25.3 Å². The van der Waals surface area contributed by atoms with Crippen LogP contribution in [0.4, 0.5) is 4.39 Å². The Balaban J connectivity index is 2.37. The summed E-state index contributed by atoms with van der Waals surface area (Å²) in [6.07, 6.45) is 2.64. The third kappa shape index (κ3) is 3.25. The Bertz CT molecular complexity index is 553. The lowest BCUT2D eigenvalue weighted by atomic mass is 9.99. The third-order valence-corrected chi connectivity index (χ3v) is 3.73. The quantitative estimate of drug-likeness (QED) is 0.870. The topological polar surface area (TPSA) is 25.2 Å². The van der Waals surface area contributed by atoms with E-state index in [0.717, 1.165) is 24.1 Å². The minimum absolute atomic E-state index is 0.0665. The Morgan fingerprint density at radius 3 is 2.74 bits per heavy atom. The average molecular weight is 326 g/mol. The fraction of sp³-hybridized carbons (Fsp3) is 0.333. The Hall–Kier alpha value is -1.13. The molecule has 0 amide bonds. The lowest BCUT2D eigenvalue weighted by molar-refractivity contribution is 0.522. The maximum Gasteiger partial charge on any atom is 0.174 e. The smallest absolute Gasteiger partial charge is 0.174 e. The Kier molecular flexibility index (Phi) is 4.77.